The minimum absolute atomic E-state index is 1.07. The molecule has 1 N–H and O–H groups in total. The van der Waals surface area contributed by atoms with E-state index in [4.69, 9.17) is 0 Å². The number of hydrogen-bond acceptors (Lipinski definition) is 2. The maximum atomic E-state index is 3.51. The van der Waals surface area contributed by atoms with Gasteiger partial charge in [-0.25, -0.2) is 0 Å². The summed E-state index contributed by atoms with van der Waals surface area (Å²) in [5.74, 6) is 0. The zero-order valence-electron chi connectivity index (χ0n) is 11.2. The van der Waals surface area contributed by atoms with E-state index < -0.39 is 0 Å². The Kier molecular flexibility index (Phi) is 3.68. The lowest BCUT2D eigenvalue weighted by atomic mass is 10.1. The highest BCUT2D eigenvalue weighted by Gasteiger charge is 2.13. The van der Waals surface area contributed by atoms with E-state index in [-0.39, 0.29) is 0 Å². The second-order valence-corrected chi connectivity index (χ2v) is 5.02. The van der Waals surface area contributed by atoms with E-state index >= 15 is 0 Å². The van der Waals surface area contributed by atoms with Crippen molar-refractivity contribution in [3.63, 3.8) is 0 Å². The number of nitrogens with zero attached hydrogens (tertiary/aromatic N) is 1. The molecule has 0 saturated carbocycles. The number of rotatable bonds is 3. The van der Waals surface area contributed by atoms with Crippen molar-refractivity contribution in [2.24, 2.45) is 0 Å². The monoisotopic (exact) mass is 252 g/mol. The molecule has 0 saturated heterocycles. The molecule has 0 bridgehead atoms. The van der Waals surface area contributed by atoms with E-state index in [0.29, 0.717) is 0 Å². The maximum absolute atomic E-state index is 3.51. The fourth-order valence-electron chi connectivity index (χ4n) is 2.65. The van der Waals surface area contributed by atoms with Gasteiger partial charge in [0.05, 0.1) is 11.4 Å². The quantitative estimate of drug-likeness (QED) is 0.898. The standard InChI is InChI=1S/C17H20N2/c1-2-7-15(8-3-1)11-14-19-13-6-12-18-16-9-4-5-10-17(16)19/h1-5,7-10,18H,6,11-14H2. The highest BCUT2D eigenvalue weighted by molar-refractivity contribution is 5.70. The number of nitrogens with one attached hydrogen (secondary N) is 1. The van der Waals surface area contributed by atoms with Gasteiger partial charge in [-0.3, -0.25) is 0 Å². The lowest BCUT2D eigenvalue weighted by Crippen LogP contribution is -2.26. The Morgan fingerprint density at radius 3 is 2.63 bits per heavy atom. The van der Waals surface area contributed by atoms with Crippen LogP contribution in [0.2, 0.25) is 0 Å². The third kappa shape index (κ3) is 2.90. The number of anilines is 2. The molecular weight excluding hydrogens is 232 g/mol. The Morgan fingerprint density at radius 1 is 0.947 bits per heavy atom. The molecule has 1 aliphatic rings. The number of para-hydroxylation sites is 2. The minimum atomic E-state index is 1.07. The molecule has 98 valence electrons. The lowest BCUT2D eigenvalue weighted by molar-refractivity contribution is 0.754. The molecule has 2 aromatic carbocycles. The van der Waals surface area contributed by atoms with Crippen LogP contribution in [0.4, 0.5) is 11.4 Å². The van der Waals surface area contributed by atoms with Crippen molar-refractivity contribution in [1.29, 1.82) is 0 Å². The molecule has 19 heavy (non-hydrogen) atoms. The first-order valence-electron chi connectivity index (χ1n) is 7.05. The van der Waals surface area contributed by atoms with E-state index in [1.165, 1.54) is 23.4 Å². The predicted octanol–water partition coefficient (Wildman–Crippen LogP) is 3.55. The summed E-state index contributed by atoms with van der Waals surface area (Å²) in [6, 6.07) is 19.4. The van der Waals surface area contributed by atoms with Crippen molar-refractivity contribution in [3.8, 4) is 0 Å². The molecule has 0 spiro atoms. The fraction of sp³-hybridized carbons (Fsp3) is 0.294. The number of fused-ring (bicyclic) bond motifs is 1. The molecule has 0 aromatic heterocycles. The van der Waals surface area contributed by atoms with E-state index in [1.807, 2.05) is 0 Å². The SMILES string of the molecule is c1ccc(CCN2CCCNc3ccccc32)cc1. The first-order valence-corrected chi connectivity index (χ1v) is 7.05. The van der Waals surface area contributed by atoms with Crippen LogP contribution in [0.25, 0.3) is 0 Å². The molecule has 0 amide bonds. The van der Waals surface area contributed by atoms with Crippen LogP contribution in [0.15, 0.2) is 54.6 Å². The molecule has 0 atom stereocenters. The van der Waals surface area contributed by atoms with Crippen LogP contribution in [-0.2, 0) is 6.42 Å². The van der Waals surface area contributed by atoms with Gasteiger partial charge in [0.2, 0.25) is 0 Å². The molecule has 0 fully saturated rings. The molecule has 2 aromatic rings. The van der Waals surface area contributed by atoms with Crippen LogP contribution in [0.3, 0.4) is 0 Å². The first-order chi connectivity index (χ1) is 9.43. The molecule has 1 heterocycles. The molecule has 0 radical (unpaired) electrons. The summed E-state index contributed by atoms with van der Waals surface area (Å²) in [4.78, 5) is 2.50. The highest BCUT2D eigenvalue weighted by atomic mass is 15.2. The summed E-state index contributed by atoms with van der Waals surface area (Å²) < 4.78 is 0. The van der Waals surface area contributed by atoms with Gasteiger partial charge in [-0.2, -0.15) is 0 Å². The second-order valence-electron chi connectivity index (χ2n) is 5.02. The zero-order valence-corrected chi connectivity index (χ0v) is 11.2. The number of hydrogen-bond donors (Lipinski definition) is 1. The highest BCUT2D eigenvalue weighted by Crippen LogP contribution is 2.27. The summed E-state index contributed by atoms with van der Waals surface area (Å²) in [6.45, 7) is 3.29. The van der Waals surface area contributed by atoms with Crippen molar-refractivity contribution in [1.82, 2.24) is 0 Å². The van der Waals surface area contributed by atoms with Gasteiger partial charge < -0.3 is 10.2 Å². The fourth-order valence-corrected chi connectivity index (χ4v) is 2.65. The molecule has 2 nitrogen and oxygen atoms in total. The van der Waals surface area contributed by atoms with Gasteiger partial charge in [0.25, 0.3) is 0 Å². The van der Waals surface area contributed by atoms with Gasteiger partial charge in [0.15, 0.2) is 0 Å². The van der Waals surface area contributed by atoms with Gasteiger partial charge in [0.1, 0.15) is 0 Å². The van der Waals surface area contributed by atoms with Gasteiger partial charge >= 0.3 is 0 Å². The van der Waals surface area contributed by atoms with Crippen molar-refractivity contribution in [2.75, 3.05) is 29.9 Å². The Hall–Kier alpha value is -1.96. The second kappa shape index (κ2) is 5.79. The van der Waals surface area contributed by atoms with Crippen LogP contribution in [-0.4, -0.2) is 19.6 Å². The Balaban J connectivity index is 1.74. The molecule has 0 aliphatic carbocycles. The molecule has 2 heteroatoms. The average Bonchev–Trinajstić information content (AvgIpc) is 2.68. The molecule has 0 unspecified atom stereocenters. The van der Waals surface area contributed by atoms with Crippen LogP contribution >= 0.6 is 0 Å². The Labute approximate surface area is 115 Å². The van der Waals surface area contributed by atoms with Gasteiger partial charge in [0, 0.05) is 19.6 Å². The van der Waals surface area contributed by atoms with Crippen LogP contribution in [0, 0.1) is 0 Å². The van der Waals surface area contributed by atoms with Crippen LogP contribution in [0.5, 0.6) is 0 Å². The van der Waals surface area contributed by atoms with Gasteiger partial charge in [-0.05, 0) is 30.5 Å². The topological polar surface area (TPSA) is 15.3 Å². The lowest BCUT2D eigenvalue weighted by Gasteiger charge is -2.24. The van der Waals surface area contributed by atoms with Crippen LogP contribution < -0.4 is 10.2 Å². The van der Waals surface area contributed by atoms with Gasteiger partial charge in [-0.15, -0.1) is 0 Å². The minimum Gasteiger partial charge on any atom is -0.383 e. The summed E-state index contributed by atoms with van der Waals surface area (Å²) >= 11 is 0. The molecule has 1 aliphatic heterocycles. The third-order valence-electron chi connectivity index (χ3n) is 3.68. The Morgan fingerprint density at radius 2 is 1.74 bits per heavy atom. The summed E-state index contributed by atoms with van der Waals surface area (Å²) in [5, 5.41) is 3.51. The maximum Gasteiger partial charge on any atom is 0.0602 e. The van der Waals surface area contributed by atoms with E-state index in [2.05, 4.69) is 64.8 Å². The van der Waals surface area contributed by atoms with Crippen molar-refractivity contribution in [2.45, 2.75) is 12.8 Å². The largest absolute Gasteiger partial charge is 0.383 e. The predicted molar refractivity (Wildman–Crippen MR) is 81.9 cm³/mol. The summed E-state index contributed by atoms with van der Waals surface area (Å²) in [6.07, 6.45) is 2.30. The molecular formula is C17H20N2. The summed E-state index contributed by atoms with van der Waals surface area (Å²) in [7, 11) is 0. The van der Waals surface area contributed by atoms with Gasteiger partial charge in [-0.1, -0.05) is 42.5 Å². The first kappa shape index (κ1) is 12.1. The third-order valence-corrected chi connectivity index (χ3v) is 3.68. The van der Waals surface area contributed by atoms with Crippen molar-refractivity contribution >= 4 is 11.4 Å². The normalized spacial score (nSPS) is 14.4. The smallest absolute Gasteiger partial charge is 0.0602 e. The zero-order chi connectivity index (χ0) is 12.9. The van der Waals surface area contributed by atoms with Crippen LogP contribution in [0.1, 0.15) is 12.0 Å². The number of benzene rings is 2. The van der Waals surface area contributed by atoms with E-state index in [1.54, 1.807) is 0 Å². The molecule has 3 rings (SSSR count). The Bertz CT molecular complexity index is 522. The van der Waals surface area contributed by atoms with E-state index in [9.17, 15) is 0 Å². The average molecular weight is 252 g/mol. The van der Waals surface area contributed by atoms with Crippen molar-refractivity contribution in [3.05, 3.63) is 60.2 Å². The van der Waals surface area contributed by atoms with Crippen molar-refractivity contribution < 1.29 is 0 Å². The van der Waals surface area contributed by atoms with E-state index in [0.717, 1.165) is 26.1 Å². The summed E-state index contributed by atoms with van der Waals surface area (Å²) in [5.41, 5.74) is 4.03.